The Morgan fingerprint density at radius 2 is 1.88 bits per heavy atom. The van der Waals surface area contributed by atoms with Crippen LogP contribution in [-0.2, 0) is 32.1 Å². The number of rotatable bonds is 5. The monoisotopic (exact) mass is 360 g/mol. The molecule has 3 nitrogen and oxygen atoms in total. The molecule has 2 aliphatic rings. The molecule has 0 aromatic carbocycles. The molecule has 0 unspecified atom stereocenters. The number of aryl methyl sites for hydroxylation is 4. The predicted molar refractivity (Wildman–Crippen MR) is 100 cm³/mol. The Balaban J connectivity index is 1.27. The van der Waals surface area contributed by atoms with Crippen molar-refractivity contribution in [2.45, 2.75) is 64.2 Å². The highest BCUT2D eigenvalue weighted by atomic mass is 32.1. The van der Waals surface area contributed by atoms with Gasteiger partial charge in [-0.25, -0.2) is 4.98 Å². The van der Waals surface area contributed by atoms with E-state index in [9.17, 15) is 4.79 Å². The topological polar surface area (TPSA) is 42.0 Å². The fourth-order valence-corrected chi connectivity index (χ4v) is 6.06. The van der Waals surface area contributed by atoms with E-state index < -0.39 is 0 Å². The lowest BCUT2D eigenvalue weighted by atomic mass is 9.95. The molecule has 2 aromatic heterocycles. The van der Waals surface area contributed by atoms with Crippen LogP contribution in [0.4, 0.5) is 0 Å². The fourth-order valence-electron chi connectivity index (χ4n) is 3.73. The molecule has 2 aromatic rings. The molecule has 0 radical (unpaired) electrons. The van der Waals surface area contributed by atoms with Crippen molar-refractivity contribution in [2.24, 2.45) is 0 Å². The molecule has 0 saturated heterocycles. The average Bonchev–Trinajstić information content (AvgIpc) is 3.22. The van der Waals surface area contributed by atoms with Gasteiger partial charge in [0.25, 0.3) is 5.91 Å². The van der Waals surface area contributed by atoms with Crippen molar-refractivity contribution in [1.29, 1.82) is 0 Å². The average molecular weight is 361 g/mol. The van der Waals surface area contributed by atoms with E-state index >= 15 is 0 Å². The quantitative estimate of drug-likeness (QED) is 0.807. The van der Waals surface area contributed by atoms with Crippen molar-refractivity contribution in [1.82, 2.24) is 10.3 Å². The lowest BCUT2D eigenvalue weighted by molar-refractivity contribution is 0.0952. The van der Waals surface area contributed by atoms with Crippen molar-refractivity contribution < 1.29 is 4.79 Å². The van der Waals surface area contributed by atoms with E-state index in [0.29, 0.717) is 0 Å². The van der Waals surface area contributed by atoms with Crippen LogP contribution in [0.25, 0.3) is 0 Å². The number of amides is 1. The molecule has 0 saturated carbocycles. The summed E-state index contributed by atoms with van der Waals surface area (Å²) in [6, 6.07) is 0. The highest BCUT2D eigenvalue weighted by Crippen LogP contribution is 2.30. The van der Waals surface area contributed by atoms with E-state index in [0.717, 1.165) is 44.2 Å². The van der Waals surface area contributed by atoms with Crippen molar-refractivity contribution >= 4 is 28.6 Å². The number of carbonyl (C=O) groups excluding carboxylic acids is 1. The molecule has 0 bridgehead atoms. The van der Waals surface area contributed by atoms with E-state index in [1.807, 2.05) is 11.3 Å². The molecule has 0 atom stereocenters. The molecule has 5 heteroatoms. The molecule has 4 rings (SSSR count). The summed E-state index contributed by atoms with van der Waals surface area (Å²) in [5.74, 6) is 0.118. The molecule has 0 fully saturated rings. The van der Waals surface area contributed by atoms with Crippen molar-refractivity contribution in [3.05, 3.63) is 37.0 Å². The van der Waals surface area contributed by atoms with Gasteiger partial charge in [-0.2, -0.15) is 0 Å². The Labute approximate surface area is 151 Å². The molecule has 2 aliphatic carbocycles. The Kier molecular flexibility index (Phi) is 4.99. The van der Waals surface area contributed by atoms with Gasteiger partial charge in [0.15, 0.2) is 0 Å². The summed E-state index contributed by atoms with van der Waals surface area (Å²) in [4.78, 5) is 20.1. The molecule has 0 spiro atoms. The van der Waals surface area contributed by atoms with Crippen LogP contribution in [0.2, 0.25) is 0 Å². The largest absolute Gasteiger partial charge is 0.352 e. The number of thiophene rings is 1. The van der Waals surface area contributed by atoms with Crippen LogP contribution in [0.15, 0.2) is 5.38 Å². The molecule has 24 heavy (non-hydrogen) atoms. The normalized spacial score (nSPS) is 16.5. The van der Waals surface area contributed by atoms with E-state index in [1.165, 1.54) is 58.1 Å². The van der Waals surface area contributed by atoms with E-state index in [4.69, 9.17) is 4.98 Å². The number of thiazole rings is 1. The first-order valence-electron chi connectivity index (χ1n) is 9.16. The summed E-state index contributed by atoms with van der Waals surface area (Å²) in [7, 11) is 0. The zero-order valence-electron chi connectivity index (χ0n) is 14.0. The SMILES string of the molecule is O=C(NCCCc1nc2c(s1)CCCC2)c1csc2c1CCCC2. The highest BCUT2D eigenvalue weighted by Gasteiger charge is 2.20. The summed E-state index contributed by atoms with van der Waals surface area (Å²) >= 11 is 3.65. The lowest BCUT2D eigenvalue weighted by Gasteiger charge is -2.12. The number of fused-ring (bicyclic) bond motifs is 2. The number of nitrogens with one attached hydrogen (secondary N) is 1. The minimum atomic E-state index is 0.118. The van der Waals surface area contributed by atoms with Crippen molar-refractivity contribution in [3.8, 4) is 0 Å². The van der Waals surface area contributed by atoms with Gasteiger partial charge in [-0.05, 0) is 63.4 Å². The number of aromatic nitrogens is 1. The fraction of sp³-hybridized carbons (Fsp3) is 0.579. The van der Waals surface area contributed by atoms with E-state index in [1.54, 1.807) is 11.3 Å². The van der Waals surface area contributed by atoms with E-state index in [2.05, 4.69) is 10.7 Å². The van der Waals surface area contributed by atoms with Crippen LogP contribution >= 0.6 is 22.7 Å². The summed E-state index contributed by atoms with van der Waals surface area (Å²) in [6.45, 7) is 0.744. The summed E-state index contributed by atoms with van der Waals surface area (Å²) in [5, 5.41) is 6.42. The van der Waals surface area contributed by atoms with Crippen molar-refractivity contribution in [2.75, 3.05) is 6.54 Å². The zero-order valence-corrected chi connectivity index (χ0v) is 15.7. The zero-order chi connectivity index (χ0) is 16.4. The molecule has 1 amide bonds. The lowest BCUT2D eigenvalue weighted by Crippen LogP contribution is -2.25. The van der Waals surface area contributed by atoms with Gasteiger partial charge in [0.1, 0.15) is 0 Å². The second kappa shape index (κ2) is 7.36. The second-order valence-corrected chi connectivity index (χ2v) is 8.93. The van der Waals surface area contributed by atoms with E-state index in [-0.39, 0.29) is 5.91 Å². The predicted octanol–water partition coefficient (Wildman–Crippen LogP) is 4.32. The Bertz CT molecular complexity index is 708. The number of nitrogens with zero attached hydrogens (tertiary/aromatic N) is 1. The third-order valence-corrected chi connectivity index (χ3v) is 7.35. The first-order chi connectivity index (χ1) is 11.8. The first kappa shape index (κ1) is 16.3. The van der Waals surface area contributed by atoms with Crippen LogP contribution in [0.5, 0.6) is 0 Å². The smallest absolute Gasteiger partial charge is 0.252 e. The number of hydrogen-bond donors (Lipinski definition) is 1. The molecule has 0 aliphatic heterocycles. The second-order valence-electron chi connectivity index (χ2n) is 6.80. The summed E-state index contributed by atoms with van der Waals surface area (Å²) in [5.41, 5.74) is 3.59. The van der Waals surface area contributed by atoms with Gasteiger partial charge in [0, 0.05) is 28.1 Å². The maximum Gasteiger partial charge on any atom is 0.252 e. The molecular weight excluding hydrogens is 336 g/mol. The van der Waals surface area contributed by atoms with Crippen LogP contribution in [0, 0.1) is 0 Å². The Hall–Kier alpha value is -1.20. The standard InChI is InChI=1S/C19H24N2OS2/c22-19(14-12-23-16-8-3-1-6-13(14)16)20-11-5-10-18-21-15-7-2-4-9-17(15)24-18/h12H,1-11H2,(H,20,22). The van der Waals surface area contributed by atoms with Crippen LogP contribution in [0.3, 0.4) is 0 Å². The van der Waals surface area contributed by atoms with Crippen molar-refractivity contribution in [3.63, 3.8) is 0 Å². The van der Waals surface area contributed by atoms with Gasteiger partial charge in [0.2, 0.25) is 0 Å². The van der Waals surface area contributed by atoms with Gasteiger partial charge < -0.3 is 5.32 Å². The van der Waals surface area contributed by atoms with Gasteiger partial charge in [-0.3, -0.25) is 4.79 Å². The minimum Gasteiger partial charge on any atom is -0.352 e. The van der Waals surface area contributed by atoms with Crippen LogP contribution in [-0.4, -0.2) is 17.4 Å². The van der Waals surface area contributed by atoms with Crippen LogP contribution in [0.1, 0.15) is 68.5 Å². The Morgan fingerprint density at radius 3 is 2.75 bits per heavy atom. The molecule has 128 valence electrons. The maximum atomic E-state index is 12.4. The first-order valence-corrected chi connectivity index (χ1v) is 10.9. The molecule has 1 N–H and O–H groups in total. The van der Waals surface area contributed by atoms with Crippen LogP contribution < -0.4 is 5.32 Å². The summed E-state index contributed by atoms with van der Waals surface area (Å²) < 4.78 is 0. The van der Waals surface area contributed by atoms with Gasteiger partial charge >= 0.3 is 0 Å². The van der Waals surface area contributed by atoms with Gasteiger partial charge in [-0.15, -0.1) is 22.7 Å². The molecule has 2 heterocycles. The van der Waals surface area contributed by atoms with Gasteiger partial charge in [-0.1, -0.05) is 0 Å². The third-order valence-electron chi connectivity index (χ3n) is 5.05. The number of carbonyl (C=O) groups is 1. The Morgan fingerprint density at radius 1 is 1.08 bits per heavy atom. The number of hydrogen-bond acceptors (Lipinski definition) is 4. The minimum absolute atomic E-state index is 0.118. The third kappa shape index (κ3) is 3.42. The summed E-state index contributed by atoms with van der Waals surface area (Å²) in [6.07, 6.45) is 11.7. The maximum absolute atomic E-state index is 12.4. The molecular formula is C19H24N2OS2. The highest BCUT2D eigenvalue weighted by molar-refractivity contribution is 7.11. The van der Waals surface area contributed by atoms with Gasteiger partial charge in [0.05, 0.1) is 16.3 Å².